The summed E-state index contributed by atoms with van der Waals surface area (Å²) in [4.78, 5) is 27.9. The van der Waals surface area contributed by atoms with Gasteiger partial charge in [0.15, 0.2) is 5.69 Å². The molecular formula is C19H24N4O3S. The molecule has 1 aliphatic carbocycles. The first-order chi connectivity index (χ1) is 13.1. The number of thiophene rings is 1. The lowest BCUT2D eigenvalue weighted by molar-refractivity contribution is -0.145. The van der Waals surface area contributed by atoms with Crippen molar-refractivity contribution < 1.29 is 14.3 Å². The fourth-order valence-electron chi connectivity index (χ4n) is 3.49. The van der Waals surface area contributed by atoms with Crippen LogP contribution in [0.3, 0.4) is 0 Å². The smallest absolute Gasteiger partial charge is 0.272 e. The summed E-state index contributed by atoms with van der Waals surface area (Å²) in [5, 5.41) is 12.1. The number of amides is 2. The van der Waals surface area contributed by atoms with Gasteiger partial charge in [-0.25, -0.2) is 0 Å². The lowest BCUT2D eigenvalue weighted by Gasteiger charge is -2.29. The molecule has 27 heavy (non-hydrogen) atoms. The van der Waals surface area contributed by atoms with Gasteiger partial charge in [0.25, 0.3) is 11.8 Å². The van der Waals surface area contributed by atoms with Crippen LogP contribution in [-0.4, -0.2) is 58.8 Å². The van der Waals surface area contributed by atoms with Crippen molar-refractivity contribution in [1.82, 2.24) is 20.4 Å². The second-order valence-corrected chi connectivity index (χ2v) is 8.38. The number of rotatable bonds is 6. The van der Waals surface area contributed by atoms with Crippen LogP contribution in [0.15, 0.2) is 23.6 Å². The van der Waals surface area contributed by atoms with Crippen molar-refractivity contribution in [3.8, 4) is 10.6 Å². The highest BCUT2D eigenvalue weighted by atomic mass is 32.1. The van der Waals surface area contributed by atoms with Gasteiger partial charge in [0.05, 0.1) is 16.1 Å². The summed E-state index contributed by atoms with van der Waals surface area (Å²) in [5.41, 5.74) is 0.856. The van der Waals surface area contributed by atoms with Crippen molar-refractivity contribution in [2.45, 2.75) is 43.7 Å². The zero-order valence-electron chi connectivity index (χ0n) is 15.4. The predicted molar refractivity (Wildman–Crippen MR) is 103 cm³/mol. The molecule has 0 spiro atoms. The van der Waals surface area contributed by atoms with Crippen LogP contribution in [0.25, 0.3) is 10.6 Å². The van der Waals surface area contributed by atoms with Crippen LogP contribution < -0.4 is 5.32 Å². The Morgan fingerprint density at radius 3 is 2.96 bits per heavy atom. The Hall–Kier alpha value is -2.19. The second kappa shape index (κ2) is 7.44. The van der Waals surface area contributed by atoms with Gasteiger partial charge >= 0.3 is 0 Å². The van der Waals surface area contributed by atoms with Crippen molar-refractivity contribution in [1.29, 1.82) is 0 Å². The third-order valence-corrected chi connectivity index (χ3v) is 6.10. The van der Waals surface area contributed by atoms with Crippen molar-refractivity contribution in [2.24, 2.45) is 0 Å². The maximum atomic E-state index is 12.6. The Morgan fingerprint density at radius 1 is 1.44 bits per heavy atom. The summed E-state index contributed by atoms with van der Waals surface area (Å²) < 4.78 is 5.59. The molecule has 2 amide bonds. The van der Waals surface area contributed by atoms with E-state index < -0.39 is 0 Å². The Bertz CT molecular complexity index is 807. The lowest BCUT2D eigenvalue weighted by Crippen LogP contribution is -2.49. The van der Waals surface area contributed by atoms with Crippen molar-refractivity contribution >= 4 is 23.2 Å². The number of nitrogens with zero attached hydrogens (tertiary/aromatic N) is 2. The van der Waals surface area contributed by atoms with Crippen LogP contribution in [0.1, 0.15) is 42.6 Å². The largest absolute Gasteiger partial charge is 0.368 e. The Balaban J connectivity index is 1.35. The molecule has 2 N–H and O–H groups in total. The minimum atomic E-state index is -0.349. The van der Waals surface area contributed by atoms with E-state index >= 15 is 0 Å². The van der Waals surface area contributed by atoms with Crippen molar-refractivity contribution in [3.05, 3.63) is 29.3 Å². The summed E-state index contributed by atoms with van der Waals surface area (Å²) in [6.07, 6.45) is 4.22. The highest BCUT2D eigenvalue weighted by Gasteiger charge is 2.46. The fraction of sp³-hybridized carbons (Fsp3) is 0.526. The first kappa shape index (κ1) is 18.2. The topological polar surface area (TPSA) is 87.3 Å². The molecular weight excluding hydrogens is 364 g/mol. The summed E-state index contributed by atoms with van der Waals surface area (Å²) in [7, 11) is 1.79. The maximum Gasteiger partial charge on any atom is 0.272 e. The third-order valence-electron chi connectivity index (χ3n) is 5.20. The molecule has 2 aliphatic rings. The first-order valence-corrected chi connectivity index (χ1v) is 10.2. The third kappa shape index (κ3) is 4.06. The van der Waals surface area contributed by atoms with Crippen LogP contribution in [-0.2, 0) is 9.53 Å². The molecule has 3 heterocycles. The maximum absolute atomic E-state index is 12.6. The molecule has 0 aromatic carbocycles. The Labute approximate surface area is 162 Å². The monoisotopic (exact) mass is 388 g/mol. The molecule has 2 aromatic rings. The van der Waals surface area contributed by atoms with Crippen LogP contribution in [0.5, 0.6) is 0 Å². The molecule has 2 aromatic heterocycles. The van der Waals surface area contributed by atoms with Gasteiger partial charge in [0.1, 0.15) is 6.10 Å². The molecule has 2 fully saturated rings. The quantitative estimate of drug-likeness (QED) is 0.796. The van der Waals surface area contributed by atoms with Gasteiger partial charge in [-0.15, -0.1) is 11.3 Å². The normalized spacial score (nSPS) is 20.9. The fourth-order valence-corrected chi connectivity index (χ4v) is 4.18. The number of likely N-dealkylation sites (N-methyl/N-ethyl adjacent to an activating group) is 1. The van der Waals surface area contributed by atoms with E-state index in [1.54, 1.807) is 29.4 Å². The molecule has 0 bridgehead atoms. The zero-order chi connectivity index (χ0) is 18.9. The molecule has 1 unspecified atom stereocenters. The summed E-state index contributed by atoms with van der Waals surface area (Å²) in [6.45, 7) is 1.15. The van der Waals surface area contributed by atoms with Crippen LogP contribution in [0, 0.1) is 0 Å². The van der Waals surface area contributed by atoms with E-state index in [0.717, 1.165) is 42.7 Å². The minimum absolute atomic E-state index is 0.00924. The second-order valence-electron chi connectivity index (χ2n) is 7.43. The standard InChI is InChI=1S/C19H24N4O3S/c1-23(18(25)15-5-2-3-9-26-15)12-19(7-8-19)20-17(24)14-11-13(21-22-14)16-6-4-10-27-16/h4,6,10-11,15H,2-3,5,7-9,12H2,1H3,(H,20,24)(H,21,22). The van der Waals surface area contributed by atoms with Crippen molar-refractivity contribution in [2.75, 3.05) is 20.2 Å². The Morgan fingerprint density at radius 2 is 2.30 bits per heavy atom. The van der Waals surface area contributed by atoms with Crippen molar-refractivity contribution in [3.63, 3.8) is 0 Å². The molecule has 1 aliphatic heterocycles. The molecule has 0 radical (unpaired) electrons. The number of aromatic amines is 1. The van der Waals surface area contributed by atoms with Gasteiger partial charge in [-0.05, 0) is 49.6 Å². The molecule has 4 rings (SSSR count). The van der Waals surface area contributed by atoms with E-state index in [9.17, 15) is 9.59 Å². The van der Waals surface area contributed by atoms with E-state index in [0.29, 0.717) is 18.8 Å². The number of hydrogen-bond acceptors (Lipinski definition) is 5. The SMILES string of the molecule is CN(CC1(NC(=O)c2cc(-c3cccs3)[nH]n2)CC1)C(=O)C1CCCCO1. The first-order valence-electron chi connectivity index (χ1n) is 9.35. The van der Waals surface area contributed by atoms with Gasteiger partial charge in [-0.1, -0.05) is 6.07 Å². The van der Waals surface area contributed by atoms with Crippen LogP contribution in [0.2, 0.25) is 0 Å². The van der Waals surface area contributed by atoms with E-state index in [4.69, 9.17) is 4.74 Å². The highest BCUT2D eigenvalue weighted by Crippen LogP contribution is 2.36. The highest BCUT2D eigenvalue weighted by molar-refractivity contribution is 7.13. The van der Waals surface area contributed by atoms with Gasteiger partial charge in [-0.3, -0.25) is 14.7 Å². The van der Waals surface area contributed by atoms with E-state index in [1.165, 1.54) is 0 Å². The van der Waals surface area contributed by atoms with Gasteiger partial charge in [0, 0.05) is 20.2 Å². The number of nitrogens with one attached hydrogen (secondary N) is 2. The van der Waals surface area contributed by atoms with Crippen LogP contribution in [0.4, 0.5) is 0 Å². The summed E-state index contributed by atoms with van der Waals surface area (Å²) in [5.74, 6) is -0.198. The summed E-state index contributed by atoms with van der Waals surface area (Å²) in [6, 6.07) is 5.71. The number of ether oxygens (including phenoxy) is 1. The number of H-pyrrole nitrogens is 1. The minimum Gasteiger partial charge on any atom is -0.368 e. The molecule has 144 valence electrons. The van der Waals surface area contributed by atoms with Gasteiger partial charge in [0.2, 0.25) is 0 Å². The van der Waals surface area contributed by atoms with E-state index in [-0.39, 0.29) is 23.5 Å². The van der Waals surface area contributed by atoms with E-state index in [2.05, 4.69) is 15.5 Å². The molecule has 8 heteroatoms. The van der Waals surface area contributed by atoms with Crippen LogP contribution >= 0.6 is 11.3 Å². The lowest BCUT2D eigenvalue weighted by atomic mass is 10.1. The van der Waals surface area contributed by atoms with Gasteiger partial charge in [-0.2, -0.15) is 5.10 Å². The number of hydrogen-bond donors (Lipinski definition) is 2. The predicted octanol–water partition coefficient (Wildman–Crippen LogP) is 2.43. The van der Waals surface area contributed by atoms with Gasteiger partial charge < -0.3 is 15.0 Å². The average molecular weight is 388 g/mol. The molecule has 1 saturated heterocycles. The molecule has 7 nitrogen and oxygen atoms in total. The van der Waals surface area contributed by atoms with E-state index in [1.807, 2.05) is 17.5 Å². The number of carbonyl (C=O) groups excluding carboxylic acids is 2. The number of carbonyl (C=O) groups is 2. The molecule has 1 atom stereocenters. The average Bonchev–Trinajstić information content (AvgIpc) is 3.11. The Kier molecular flexibility index (Phi) is 5.01. The zero-order valence-corrected chi connectivity index (χ0v) is 16.2. The number of aromatic nitrogens is 2. The molecule has 1 saturated carbocycles. The summed E-state index contributed by atoms with van der Waals surface area (Å²) >= 11 is 1.59.